The van der Waals surface area contributed by atoms with Gasteiger partial charge in [-0.1, -0.05) is 12.1 Å². The molecule has 7 heteroatoms. The van der Waals surface area contributed by atoms with Gasteiger partial charge in [-0.15, -0.1) is 0 Å². The molecule has 1 aromatic carbocycles. The molecule has 2 N–H and O–H groups in total. The summed E-state index contributed by atoms with van der Waals surface area (Å²) in [6.45, 7) is 3.34. The van der Waals surface area contributed by atoms with Gasteiger partial charge in [0.1, 0.15) is 11.8 Å². The molecule has 0 unspecified atom stereocenters. The number of rotatable bonds is 4. The second kappa shape index (κ2) is 7.63. The zero-order chi connectivity index (χ0) is 15.0. The number of amides is 2. The summed E-state index contributed by atoms with van der Waals surface area (Å²) in [4.78, 5) is 22.7. The van der Waals surface area contributed by atoms with Crippen LogP contribution in [-0.2, 0) is 9.53 Å². The lowest BCUT2D eigenvalue weighted by Gasteiger charge is -2.15. The fraction of sp³-hybridized carbons (Fsp3) is 0.308. The molecule has 1 aromatic rings. The molecule has 0 aliphatic carbocycles. The number of para-hydroxylation sites is 1. The summed E-state index contributed by atoms with van der Waals surface area (Å²) in [5.74, 6) is -0.264. The highest BCUT2D eigenvalue weighted by atomic mass is 16.6. The number of nitrogens with one attached hydrogen (secondary N) is 2. The van der Waals surface area contributed by atoms with Crippen molar-refractivity contribution in [1.82, 2.24) is 10.9 Å². The van der Waals surface area contributed by atoms with Crippen LogP contribution >= 0.6 is 0 Å². The van der Waals surface area contributed by atoms with Gasteiger partial charge in [0.05, 0.1) is 12.2 Å². The Bertz CT molecular complexity index is 525. The van der Waals surface area contributed by atoms with Crippen LogP contribution in [0.3, 0.4) is 0 Å². The first kappa shape index (κ1) is 15.3. The molecule has 0 aromatic heterocycles. The highest BCUT2D eigenvalue weighted by Gasteiger charge is 2.16. The predicted octanol–water partition coefficient (Wildman–Crippen LogP) is 1.10. The molecule has 20 heavy (non-hydrogen) atoms. The van der Waals surface area contributed by atoms with Crippen molar-refractivity contribution in [3.8, 4) is 11.8 Å². The monoisotopic (exact) mass is 277 g/mol. The van der Waals surface area contributed by atoms with E-state index in [9.17, 15) is 9.59 Å². The maximum atomic E-state index is 11.7. The van der Waals surface area contributed by atoms with Crippen LogP contribution in [0.5, 0.6) is 5.75 Å². The summed E-state index contributed by atoms with van der Waals surface area (Å²) >= 11 is 0. The molecule has 0 saturated carbocycles. The quantitative estimate of drug-likeness (QED) is 0.803. The molecule has 0 aliphatic rings. The molecule has 0 radical (unpaired) electrons. The number of carbonyl (C=O) groups is 2. The van der Waals surface area contributed by atoms with Crippen LogP contribution in [-0.4, -0.2) is 24.7 Å². The normalized spacial score (nSPS) is 10.8. The number of hydrazine groups is 1. The molecular weight excluding hydrogens is 262 g/mol. The molecule has 1 rings (SSSR count). The minimum atomic E-state index is -0.883. The maximum Gasteiger partial charge on any atom is 0.426 e. The standard InChI is InChI=1S/C13H15N3O4/c1-3-19-13(18)16-15-12(17)9(2)20-11-7-5-4-6-10(11)8-14/h4-7,9H,3H2,1-2H3,(H,15,17)(H,16,18)/t9-/m0/s1. The van der Waals surface area contributed by atoms with Gasteiger partial charge in [0.25, 0.3) is 5.91 Å². The average Bonchev–Trinajstić information content (AvgIpc) is 2.45. The van der Waals surface area contributed by atoms with Gasteiger partial charge in [0.2, 0.25) is 0 Å². The molecule has 1 atom stereocenters. The summed E-state index contributed by atoms with van der Waals surface area (Å²) in [5, 5.41) is 8.90. The number of hydrogen-bond acceptors (Lipinski definition) is 5. The minimum Gasteiger partial charge on any atom is -0.479 e. The minimum absolute atomic E-state index is 0.198. The molecule has 106 valence electrons. The zero-order valence-electron chi connectivity index (χ0n) is 11.2. The Kier molecular flexibility index (Phi) is 5.84. The van der Waals surface area contributed by atoms with Crippen molar-refractivity contribution < 1.29 is 19.1 Å². The van der Waals surface area contributed by atoms with E-state index in [2.05, 4.69) is 15.6 Å². The van der Waals surface area contributed by atoms with Crippen molar-refractivity contribution in [2.75, 3.05) is 6.61 Å². The van der Waals surface area contributed by atoms with Gasteiger partial charge in [-0.05, 0) is 26.0 Å². The second-order valence-corrected chi connectivity index (χ2v) is 3.70. The van der Waals surface area contributed by atoms with Crippen LogP contribution in [0.4, 0.5) is 4.79 Å². The molecule has 2 amide bonds. The molecule has 0 bridgehead atoms. The van der Waals surface area contributed by atoms with E-state index in [0.29, 0.717) is 11.3 Å². The molecular formula is C13H15N3O4. The Morgan fingerprint density at radius 2 is 2.05 bits per heavy atom. The van der Waals surface area contributed by atoms with Crippen molar-refractivity contribution in [3.05, 3.63) is 29.8 Å². The lowest BCUT2D eigenvalue weighted by atomic mass is 10.2. The van der Waals surface area contributed by atoms with Crippen LogP contribution in [0, 0.1) is 11.3 Å². The first-order chi connectivity index (χ1) is 9.58. The molecule has 0 spiro atoms. The van der Waals surface area contributed by atoms with E-state index in [1.807, 2.05) is 6.07 Å². The van der Waals surface area contributed by atoms with Crippen molar-refractivity contribution >= 4 is 12.0 Å². The van der Waals surface area contributed by atoms with E-state index in [-0.39, 0.29) is 6.61 Å². The largest absolute Gasteiger partial charge is 0.479 e. The van der Waals surface area contributed by atoms with E-state index < -0.39 is 18.1 Å². The number of benzene rings is 1. The Morgan fingerprint density at radius 1 is 1.35 bits per heavy atom. The van der Waals surface area contributed by atoms with Crippen LogP contribution in [0.25, 0.3) is 0 Å². The first-order valence-electron chi connectivity index (χ1n) is 5.96. The van der Waals surface area contributed by atoms with Gasteiger partial charge >= 0.3 is 6.09 Å². The summed E-state index contributed by atoms with van der Waals surface area (Å²) in [6, 6.07) is 8.51. The Morgan fingerprint density at radius 3 is 2.70 bits per heavy atom. The number of carbonyl (C=O) groups excluding carboxylic acids is 2. The predicted molar refractivity (Wildman–Crippen MR) is 69.5 cm³/mol. The number of nitriles is 1. The fourth-order valence-electron chi connectivity index (χ4n) is 1.29. The van der Waals surface area contributed by atoms with E-state index in [1.54, 1.807) is 31.2 Å². The zero-order valence-corrected chi connectivity index (χ0v) is 11.2. The van der Waals surface area contributed by atoms with Crippen LogP contribution in [0.2, 0.25) is 0 Å². The third-order valence-electron chi connectivity index (χ3n) is 2.24. The van der Waals surface area contributed by atoms with Gasteiger partial charge in [0, 0.05) is 0 Å². The van der Waals surface area contributed by atoms with Crippen LogP contribution in [0.1, 0.15) is 19.4 Å². The van der Waals surface area contributed by atoms with E-state index in [1.165, 1.54) is 6.92 Å². The van der Waals surface area contributed by atoms with Crippen molar-refractivity contribution in [3.63, 3.8) is 0 Å². The summed E-state index contributed by atoms with van der Waals surface area (Å²) in [7, 11) is 0. The average molecular weight is 277 g/mol. The van der Waals surface area contributed by atoms with E-state index in [0.717, 1.165) is 0 Å². The van der Waals surface area contributed by atoms with Gasteiger partial charge in [-0.2, -0.15) is 5.26 Å². The first-order valence-corrected chi connectivity index (χ1v) is 5.96. The van der Waals surface area contributed by atoms with Gasteiger partial charge in [-0.3, -0.25) is 10.2 Å². The van der Waals surface area contributed by atoms with E-state index >= 15 is 0 Å². The topological polar surface area (TPSA) is 100 Å². The van der Waals surface area contributed by atoms with Gasteiger partial charge < -0.3 is 9.47 Å². The van der Waals surface area contributed by atoms with Crippen molar-refractivity contribution in [1.29, 1.82) is 5.26 Å². The van der Waals surface area contributed by atoms with Crippen molar-refractivity contribution in [2.45, 2.75) is 20.0 Å². The van der Waals surface area contributed by atoms with Crippen molar-refractivity contribution in [2.24, 2.45) is 0 Å². The maximum absolute atomic E-state index is 11.7. The summed E-state index contributed by atoms with van der Waals surface area (Å²) < 4.78 is 9.94. The number of hydrogen-bond donors (Lipinski definition) is 2. The molecule has 0 aliphatic heterocycles. The fourth-order valence-corrected chi connectivity index (χ4v) is 1.29. The summed E-state index contributed by atoms with van der Waals surface area (Å²) in [5.41, 5.74) is 4.55. The Hall–Kier alpha value is -2.75. The highest BCUT2D eigenvalue weighted by Crippen LogP contribution is 2.17. The third-order valence-corrected chi connectivity index (χ3v) is 2.24. The number of nitrogens with zero attached hydrogens (tertiary/aromatic N) is 1. The SMILES string of the molecule is CCOC(=O)NNC(=O)[C@H](C)Oc1ccccc1C#N. The molecule has 0 saturated heterocycles. The third kappa shape index (κ3) is 4.49. The smallest absolute Gasteiger partial charge is 0.426 e. The lowest BCUT2D eigenvalue weighted by Crippen LogP contribution is -2.47. The molecule has 0 fully saturated rings. The van der Waals surface area contributed by atoms with E-state index in [4.69, 9.17) is 10.00 Å². The lowest BCUT2D eigenvalue weighted by molar-refractivity contribution is -0.128. The molecule has 0 heterocycles. The number of ether oxygens (including phenoxy) is 2. The summed E-state index contributed by atoms with van der Waals surface area (Å²) in [6.07, 6.45) is -1.64. The van der Waals surface area contributed by atoms with Crippen LogP contribution < -0.4 is 15.6 Å². The van der Waals surface area contributed by atoms with Gasteiger partial charge in [-0.25, -0.2) is 10.2 Å². The molecule has 7 nitrogen and oxygen atoms in total. The Labute approximate surface area is 116 Å². The highest BCUT2D eigenvalue weighted by molar-refractivity contribution is 5.82. The second-order valence-electron chi connectivity index (χ2n) is 3.70. The van der Waals surface area contributed by atoms with Gasteiger partial charge in [0.15, 0.2) is 6.10 Å². The van der Waals surface area contributed by atoms with Crippen LogP contribution in [0.15, 0.2) is 24.3 Å². The Balaban J connectivity index is 2.54.